The van der Waals surface area contributed by atoms with Crippen molar-refractivity contribution in [2.75, 3.05) is 0 Å². The molecule has 0 aromatic carbocycles. The average Bonchev–Trinajstić information content (AvgIpc) is 2.08. The SMILES string of the molecule is CC(=O)O.CC(=O)O.OC1C=CC=CC1O. The molecule has 0 amide bonds. The quantitative estimate of drug-likeness (QED) is 0.468. The summed E-state index contributed by atoms with van der Waals surface area (Å²) in [5.41, 5.74) is 0. The average molecular weight is 232 g/mol. The molecule has 1 aliphatic carbocycles. The Balaban J connectivity index is 0. The van der Waals surface area contributed by atoms with E-state index >= 15 is 0 Å². The maximum atomic E-state index is 9.00. The number of carboxylic acids is 2. The smallest absolute Gasteiger partial charge is 0.300 e. The molecule has 92 valence electrons. The topological polar surface area (TPSA) is 115 Å². The van der Waals surface area contributed by atoms with Crippen molar-refractivity contribution in [1.29, 1.82) is 0 Å². The van der Waals surface area contributed by atoms with Gasteiger partial charge in [0.05, 0.1) is 0 Å². The van der Waals surface area contributed by atoms with Crippen molar-refractivity contribution in [1.82, 2.24) is 0 Å². The highest BCUT2D eigenvalue weighted by Crippen LogP contribution is 2.02. The first-order valence-corrected chi connectivity index (χ1v) is 4.37. The summed E-state index contributed by atoms with van der Waals surface area (Å²) in [4.78, 5) is 18.0. The maximum Gasteiger partial charge on any atom is 0.300 e. The molecule has 0 aromatic rings. The standard InChI is InChI=1S/C6H8O2.2C2H4O2/c7-5-3-1-2-4-6(5)8;2*1-2(3)4/h1-8H;2*1H3,(H,3,4). The molecule has 2 unspecified atom stereocenters. The second kappa shape index (κ2) is 9.88. The van der Waals surface area contributed by atoms with Gasteiger partial charge in [-0.25, -0.2) is 0 Å². The highest BCUT2D eigenvalue weighted by atomic mass is 16.4. The predicted octanol–water partition coefficient (Wildman–Crippen LogP) is 0.0160. The zero-order valence-electron chi connectivity index (χ0n) is 9.07. The van der Waals surface area contributed by atoms with Crippen molar-refractivity contribution in [2.24, 2.45) is 0 Å². The monoisotopic (exact) mass is 232 g/mol. The minimum atomic E-state index is -0.833. The molecule has 0 bridgehead atoms. The molecule has 0 spiro atoms. The summed E-state index contributed by atoms with van der Waals surface area (Å²) in [7, 11) is 0. The fourth-order valence-corrected chi connectivity index (χ4v) is 0.584. The predicted molar refractivity (Wildman–Crippen MR) is 56.9 cm³/mol. The van der Waals surface area contributed by atoms with Gasteiger partial charge in [-0.05, 0) is 0 Å². The van der Waals surface area contributed by atoms with Crippen molar-refractivity contribution in [3.63, 3.8) is 0 Å². The summed E-state index contributed by atoms with van der Waals surface area (Å²) in [5, 5.41) is 32.4. The summed E-state index contributed by atoms with van der Waals surface area (Å²) >= 11 is 0. The Morgan fingerprint density at radius 1 is 0.875 bits per heavy atom. The van der Waals surface area contributed by atoms with Gasteiger partial charge in [0, 0.05) is 13.8 Å². The number of aliphatic hydroxyl groups is 2. The molecule has 1 aliphatic rings. The summed E-state index contributed by atoms with van der Waals surface area (Å²) in [6.45, 7) is 2.17. The van der Waals surface area contributed by atoms with Crippen LogP contribution in [0.3, 0.4) is 0 Å². The summed E-state index contributed by atoms with van der Waals surface area (Å²) in [6.07, 6.45) is 5.09. The molecule has 6 heteroatoms. The molecular formula is C10H16O6. The molecule has 0 aliphatic heterocycles. The molecule has 0 fully saturated rings. The van der Waals surface area contributed by atoms with E-state index < -0.39 is 24.1 Å². The Kier molecular flexibility index (Phi) is 10.3. The molecule has 1 rings (SSSR count). The van der Waals surface area contributed by atoms with Gasteiger partial charge in [0.15, 0.2) is 0 Å². The van der Waals surface area contributed by atoms with E-state index in [1.165, 1.54) is 0 Å². The first kappa shape index (κ1) is 16.8. The summed E-state index contributed by atoms with van der Waals surface area (Å²) in [5.74, 6) is -1.67. The van der Waals surface area contributed by atoms with Crippen molar-refractivity contribution in [2.45, 2.75) is 26.1 Å². The Morgan fingerprint density at radius 2 is 1.06 bits per heavy atom. The summed E-state index contributed by atoms with van der Waals surface area (Å²) < 4.78 is 0. The number of rotatable bonds is 0. The Hall–Kier alpha value is -1.66. The van der Waals surface area contributed by atoms with Gasteiger partial charge >= 0.3 is 0 Å². The molecule has 16 heavy (non-hydrogen) atoms. The van der Waals surface area contributed by atoms with Crippen molar-refractivity contribution in [3.8, 4) is 0 Å². The molecular weight excluding hydrogens is 216 g/mol. The highest BCUT2D eigenvalue weighted by molar-refractivity contribution is 5.63. The Bertz CT molecular complexity index is 232. The van der Waals surface area contributed by atoms with Crippen LogP contribution in [0.5, 0.6) is 0 Å². The molecule has 4 N–H and O–H groups in total. The van der Waals surface area contributed by atoms with E-state index in [1.807, 2.05) is 0 Å². The number of hydrogen-bond donors (Lipinski definition) is 4. The van der Waals surface area contributed by atoms with Gasteiger partial charge in [-0.1, -0.05) is 24.3 Å². The number of hydrogen-bond acceptors (Lipinski definition) is 4. The lowest BCUT2D eigenvalue weighted by Crippen LogP contribution is -2.22. The van der Waals surface area contributed by atoms with E-state index in [2.05, 4.69) is 0 Å². The molecule has 0 saturated heterocycles. The Labute approximate surface area is 93.2 Å². The van der Waals surface area contributed by atoms with Crippen LogP contribution < -0.4 is 0 Å². The van der Waals surface area contributed by atoms with Gasteiger partial charge < -0.3 is 20.4 Å². The van der Waals surface area contributed by atoms with Gasteiger partial charge in [0.1, 0.15) is 12.2 Å². The van der Waals surface area contributed by atoms with Gasteiger partial charge in [-0.2, -0.15) is 0 Å². The van der Waals surface area contributed by atoms with Crippen LogP contribution in [0.15, 0.2) is 24.3 Å². The van der Waals surface area contributed by atoms with Crippen LogP contribution in [0.2, 0.25) is 0 Å². The third-order valence-electron chi connectivity index (χ3n) is 1.08. The van der Waals surface area contributed by atoms with Crippen LogP contribution >= 0.6 is 0 Å². The van der Waals surface area contributed by atoms with Crippen LogP contribution in [0.25, 0.3) is 0 Å². The van der Waals surface area contributed by atoms with Crippen LogP contribution in [-0.2, 0) is 9.59 Å². The fourth-order valence-electron chi connectivity index (χ4n) is 0.584. The maximum absolute atomic E-state index is 9.00. The van der Waals surface area contributed by atoms with E-state index in [-0.39, 0.29) is 0 Å². The van der Waals surface area contributed by atoms with E-state index in [0.717, 1.165) is 13.8 Å². The first-order valence-electron chi connectivity index (χ1n) is 4.37. The molecule has 6 nitrogen and oxygen atoms in total. The number of carbonyl (C=O) groups is 2. The number of aliphatic carboxylic acids is 2. The van der Waals surface area contributed by atoms with Crippen molar-refractivity contribution < 1.29 is 30.0 Å². The number of carboxylic acid groups (broad SMARTS) is 2. The van der Waals surface area contributed by atoms with Gasteiger partial charge in [0.25, 0.3) is 11.9 Å². The van der Waals surface area contributed by atoms with E-state index in [9.17, 15) is 0 Å². The second-order valence-electron chi connectivity index (χ2n) is 2.79. The van der Waals surface area contributed by atoms with Gasteiger partial charge in [0.2, 0.25) is 0 Å². The largest absolute Gasteiger partial charge is 0.481 e. The molecule has 0 saturated carbocycles. The van der Waals surface area contributed by atoms with Crippen LogP contribution in [0.4, 0.5) is 0 Å². The Morgan fingerprint density at radius 3 is 1.19 bits per heavy atom. The minimum Gasteiger partial charge on any atom is -0.481 e. The minimum absolute atomic E-state index is 0.708. The van der Waals surface area contributed by atoms with E-state index in [1.54, 1.807) is 24.3 Å². The van der Waals surface area contributed by atoms with E-state index in [4.69, 9.17) is 30.0 Å². The highest BCUT2D eigenvalue weighted by Gasteiger charge is 2.09. The van der Waals surface area contributed by atoms with Crippen molar-refractivity contribution in [3.05, 3.63) is 24.3 Å². The second-order valence-corrected chi connectivity index (χ2v) is 2.79. The molecule has 0 radical (unpaired) electrons. The molecule has 0 aromatic heterocycles. The number of aliphatic hydroxyl groups excluding tert-OH is 2. The lowest BCUT2D eigenvalue weighted by molar-refractivity contribution is -0.135. The molecule has 2 atom stereocenters. The van der Waals surface area contributed by atoms with Crippen molar-refractivity contribution >= 4 is 11.9 Å². The van der Waals surface area contributed by atoms with Gasteiger partial charge in [-0.15, -0.1) is 0 Å². The van der Waals surface area contributed by atoms with Crippen LogP contribution in [-0.4, -0.2) is 44.6 Å². The zero-order valence-corrected chi connectivity index (χ0v) is 9.07. The van der Waals surface area contributed by atoms with E-state index in [0.29, 0.717) is 0 Å². The molecule has 0 heterocycles. The fraction of sp³-hybridized carbons (Fsp3) is 0.400. The lowest BCUT2D eigenvalue weighted by atomic mass is 10.1. The third-order valence-corrected chi connectivity index (χ3v) is 1.08. The summed E-state index contributed by atoms with van der Waals surface area (Å²) in [6, 6.07) is 0. The number of allylic oxidation sites excluding steroid dienone is 2. The third kappa shape index (κ3) is 18.2. The first-order chi connectivity index (χ1) is 7.27. The van der Waals surface area contributed by atoms with Crippen LogP contribution in [0, 0.1) is 0 Å². The zero-order chi connectivity index (χ0) is 13.1. The van der Waals surface area contributed by atoms with Crippen LogP contribution in [0.1, 0.15) is 13.8 Å². The van der Waals surface area contributed by atoms with Gasteiger partial charge in [-0.3, -0.25) is 9.59 Å². The normalized spacial score (nSPS) is 21.0. The lowest BCUT2D eigenvalue weighted by Gasteiger charge is -2.11.